The van der Waals surface area contributed by atoms with Gasteiger partial charge in [-0.05, 0) is 31.1 Å². The summed E-state index contributed by atoms with van der Waals surface area (Å²) in [5, 5.41) is 8.59. The Kier molecular flexibility index (Phi) is 4.50. The number of carboxylic acid groups (broad SMARTS) is 1. The number of sulfonamides is 1. The van der Waals surface area contributed by atoms with E-state index in [4.69, 9.17) is 5.11 Å². The molecule has 110 valence electrons. The molecular weight excluding hydrogens is 266 g/mol. The van der Waals surface area contributed by atoms with Gasteiger partial charge in [-0.25, -0.2) is 12.7 Å². The predicted molar refractivity (Wildman–Crippen MR) is 72.4 cm³/mol. The molecule has 1 heterocycles. The van der Waals surface area contributed by atoms with E-state index in [0.717, 1.165) is 12.8 Å². The first-order chi connectivity index (χ1) is 8.94. The van der Waals surface area contributed by atoms with Crippen molar-refractivity contribution < 1.29 is 18.3 Å². The summed E-state index contributed by atoms with van der Waals surface area (Å²) >= 11 is 0. The van der Waals surface area contributed by atoms with Crippen LogP contribution in [0.4, 0.5) is 0 Å². The van der Waals surface area contributed by atoms with Gasteiger partial charge in [0.1, 0.15) is 0 Å². The first kappa shape index (κ1) is 14.8. The Morgan fingerprint density at radius 1 is 1.05 bits per heavy atom. The fourth-order valence-corrected chi connectivity index (χ4v) is 4.82. The monoisotopic (exact) mass is 289 g/mol. The smallest absolute Gasteiger partial charge is 0.304 e. The number of piperidine rings is 1. The molecule has 2 fully saturated rings. The summed E-state index contributed by atoms with van der Waals surface area (Å²) in [6, 6.07) is 0. The highest BCUT2D eigenvalue weighted by molar-refractivity contribution is 7.89. The van der Waals surface area contributed by atoms with Gasteiger partial charge in [-0.3, -0.25) is 4.79 Å². The van der Waals surface area contributed by atoms with Crippen LogP contribution in [0, 0.1) is 5.41 Å². The molecule has 1 N–H and O–H groups in total. The number of nitrogens with zero attached hydrogens (tertiary/aromatic N) is 1. The summed E-state index contributed by atoms with van der Waals surface area (Å²) in [6.07, 6.45) is 7.90. The zero-order valence-electron chi connectivity index (χ0n) is 11.3. The molecule has 1 aliphatic carbocycles. The molecule has 1 saturated heterocycles. The number of hydrogen-bond donors (Lipinski definition) is 1. The van der Waals surface area contributed by atoms with Crippen molar-refractivity contribution in [3.05, 3.63) is 0 Å². The van der Waals surface area contributed by atoms with Crippen LogP contribution in [0.5, 0.6) is 0 Å². The van der Waals surface area contributed by atoms with Crippen LogP contribution in [0.3, 0.4) is 0 Å². The van der Waals surface area contributed by atoms with Crippen molar-refractivity contribution in [1.82, 2.24) is 4.31 Å². The molecule has 5 nitrogen and oxygen atoms in total. The van der Waals surface area contributed by atoms with Crippen LogP contribution >= 0.6 is 0 Å². The number of rotatable bonds is 4. The third-order valence-electron chi connectivity index (χ3n) is 4.66. The van der Waals surface area contributed by atoms with Crippen molar-refractivity contribution in [3.63, 3.8) is 0 Å². The number of aliphatic carboxylic acids is 1. The van der Waals surface area contributed by atoms with Crippen molar-refractivity contribution in [2.24, 2.45) is 5.41 Å². The van der Waals surface area contributed by atoms with Gasteiger partial charge in [-0.2, -0.15) is 0 Å². The van der Waals surface area contributed by atoms with Crippen molar-refractivity contribution in [1.29, 1.82) is 0 Å². The van der Waals surface area contributed by atoms with E-state index in [0.29, 0.717) is 18.5 Å². The Morgan fingerprint density at radius 2 is 1.63 bits per heavy atom. The molecule has 0 aromatic heterocycles. The summed E-state index contributed by atoms with van der Waals surface area (Å²) in [7, 11) is -3.38. The predicted octanol–water partition coefficient (Wildman–Crippen LogP) is 1.84. The Balaban J connectivity index is 1.90. The molecule has 0 atom stereocenters. The van der Waals surface area contributed by atoms with Crippen LogP contribution in [0.15, 0.2) is 0 Å². The fraction of sp³-hybridized carbons (Fsp3) is 0.923. The second-order valence-corrected chi connectivity index (χ2v) is 8.01. The molecule has 0 aromatic carbocycles. The van der Waals surface area contributed by atoms with E-state index in [9.17, 15) is 13.2 Å². The molecule has 0 radical (unpaired) electrons. The molecule has 2 rings (SSSR count). The van der Waals surface area contributed by atoms with E-state index < -0.39 is 16.0 Å². The van der Waals surface area contributed by atoms with Gasteiger partial charge >= 0.3 is 5.97 Å². The second-order valence-electron chi connectivity index (χ2n) is 5.92. The average molecular weight is 289 g/mol. The quantitative estimate of drug-likeness (QED) is 0.857. The summed E-state index contributed by atoms with van der Waals surface area (Å²) in [4.78, 5) is 10.5. The Morgan fingerprint density at radius 3 is 2.16 bits per heavy atom. The lowest BCUT2D eigenvalue weighted by Crippen LogP contribution is -2.44. The zero-order chi connectivity index (χ0) is 13.9. The molecule has 19 heavy (non-hydrogen) atoms. The first-order valence-corrected chi connectivity index (χ1v) is 8.74. The van der Waals surface area contributed by atoms with Gasteiger partial charge in [0, 0.05) is 13.1 Å². The topological polar surface area (TPSA) is 74.7 Å². The molecule has 0 unspecified atom stereocenters. The maximum absolute atomic E-state index is 12.0. The third-order valence-corrected chi connectivity index (χ3v) is 6.54. The number of carbonyl (C=O) groups is 1. The summed E-state index contributed by atoms with van der Waals surface area (Å²) < 4.78 is 25.5. The van der Waals surface area contributed by atoms with Crippen LogP contribution in [-0.4, -0.2) is 42.6 Å². The minimum Gasteiger partial charge on any atom is -0.481 e. The van der Waals surface area contributed by atoms with Crippen molar-refractivity contribution >= 4 is 16.0 Å². The molecule has 1 saturated carbocycles. The Labute approximate surface area is 115 Å². The van der Waals surface area contributed by atoms with Crippen LogP contribution in [0.1, 0.15) is 51.4 Å². The van der Waals surface area contributed by atoms with Crippen molar-refractivity contribution in [2.45, 2.75) is 51.4 Å². The van der Waals surface area contributed by atoms with E-state index >= 15 is 0 Å². The Bertz CT molecular complexity index is 416. The van der Waals surface area contributed by atoms with Gasteiger partial charge in [0.15, 0.2) is 0 Å². The molecule has 0 amide bonds. The second kappa shape index (κ2) is 5.79. The van der Waals surface area contributed by atoms with Crippen molar-refractivity contribution in [3.8, 4) is 0 Å². The largest absolute Gasteiger partial charge is 0.481 e. The summed E-state index contributed by atoms with van der Waals surface area (Å²) in [6.45, 7) is 1.14. The SMILES string of the molecule is O=C(O)CCS(=O)(=O)N1CCC2(CCCCC2)CC1. The van der Waals surface area contributed by atoms with E-state index in [1.165, 1.54) is 36.4 Å². The van der Waals surface area contributed by atoms with E-state index in [2.05, 4.69) is 0 Å². The summed E-state index contributed by atoms with van der Waals surface area (Å²) in [5.41, 5.74) is 0.372. The van der Waals surface area contributed by atoms with E-state index in [1.807, 2.05) is 0 Å². The number of carboxylic acids is 1. The molecule has 0 bridgehead atoms. The lowest BCUT2D eigenvalue weighted by molar-refractivity contribution is -0.136. The zero-order valence-corrected chi connectivity index (χ0v) is 12.1. The fourth-order valence-electron chi connectivity index (χ4n) is 3.39. The maximum Gasteiger partial charge on any atom is 0.304 e. The standard InChI is InChI=1S/C13H23NO4S/c15-12(16)4-11-19(17,18)14-9-7-13(8-10-14)5-2-1-3-6-13/h1-11H2,(H,15,16). The van der Waals surface area contributed by atoms with Crippen LogP contribution < -0.4 is 0 Å². The van der Waals surface area contributed by atoms with Gasteiger partial charge in [0.2, 0.25) is 10.0 Å². The molecular formula is C13H23NO4S. The minimum absolute atomic E-state index is 0.269. The Hall–Kier alpha value is -0.620. The normalized spacial score (nSPS) is 24.4. The molecule has 1 aliphatic heterocycles. The summed E-state index contributed by atoms with van der Waals surface area (Å²) in [5.74, 6) is -1.32. The van der Waals surface area contributed by atoms with Gasteiger partial charge in [0.05, 0.1) is 12.2 Å². The lowest BCUT2D eigenvalue weighted by atomic mass is 9.68. The first-order valence-electron chi connectivity index (χ1n) is 7.13. The van der Waals surface area contributed by atoms with Gasteiger partial charge in [0.25, 0.3) is 0 Å². The van der Waals surface area contributed by atoms with Crippen LogP contribution in [0.2, 0.25) is 0 Å². The molecule has 1 spiro atoms. The van der Waals surface area contributed by atoms with E-state index in [1.54, 1.807) is 0 Å². The molecule has 0 aromatic rings. The number of hydrogen-bond acceptors (Lipinski definition) is 3. The lowest BCUT2D eigenvalue weighted by Gasteiger charge is -2.43. The third kappa shape index (κ3) is 3.69. The van der Waals surface area contributed by atoms with Gasteiger partial charge in [-0.1, -0.05) is 19.3 Å². The van der Waals surface area contributed by atoms with Crippen LogP contribution in [-0.2, 0) is 14.8 Å². The maximum atomic E-state index is 12.0. The van der Waals surface area contributed by atoms with Crippen molar-refractivity contribution in [2.75, 3.05) is 18.8 Å². The van der Waals surface area contributed by atoms with Crippen LogP contribution in [0.25, 0.3) is 0 Å². The highest BCUT2D eigenvalue weighted by Gasteiger charge is 2.38. The van der Waals surface area contributed by atoms with Gasteiger partial charge in [-0.15, -0.1) is 0 Å². The molecule has 6 heteroatoms. The van der Waals surface area contributed by atoms with E-state index in [-0.39, 0.29) is 12.2 Å². The van der Waals surface area contributed by atoms with Gasteiger partial charge < -0.3 is 5.11 Å². The molecule has 2 aliphatic rings. The highest BCUT2D eigenvalue weighted by atomic mass is 32.2. The highest BCUT2D eigenvalue weighted by Crippen LogP contribution is 2.44. The minimum atomic E-state index is -3.38. The average Bonchev–Trinajstić information content (AvgIpc) is 2.38.